The third-order valence-electron chi connectivity index (χ3n) is 4.60. The van der Waals surface area contributed by atoms with Crippen LogP contribution in [0.1, 0.15) is 29.8 Å². The van der Waals surface area contributed by atoms with Crippen LogP contribution >= 0.6 is 11.3 Å². The molecular formula is C18H20N4O4S. The highest BCUT2D eigenvalue weighted by atomic mass is 32.1. The lowest BCUT2D eigenvalue weighted by Gasteiger charge is -2.43. The number of carboxylic acid groups (broad SMARTS) is 1. The van der Waals surface area contributed by atoms with Gasteiger partial charge in [-0.1, -0.05) is 30.3 Å². The second kappa shape index (κ2) is 7.75. The summed E-state index contributed by atoms with van der Waals surface area (Å²) in [6, 6.07) is 7.04. The van der Waals surface area contributed by atoms with Crippen molar-refractivity contribution >= 4 is 34.4 Å². The van der Waals surface area contributed by atoms with E-state index in [1.165, 1.54) is 11.3 Å². The number of hydrogen-bond donors (Lipinski definition) is 3. The highest BCUT2D eigenvalue weighted by Crippen LogP contribution is 2.32. The Balaban J connectivity index is 1.64. The number of nitrogens with two attached hydrogens (primary N) is 1. The first-order valence-electron chi connectivity index (χ1n) is 8.50. The Morgan fingerprint density at radius 1 is 1.37 bits per heavy atom. The minimum atomic E-state index is -1.19. The number of carbonyl (C=O) groups excluding carboxylic acids is 2. The Bertz CT molecular complexity index is 854. The number of hydrogen-bond acceptors (Lipinski definition) is 6. The molecule has 1 aliphatic rings. The first-order chi connectivity index (χ1) is 12.9. The first-order valence-corrected chi connectivity index (χ1v) is 9.31. The molecule has 2 heterocycles. The van der Waals surface area contributed by atoms with E-state index < -0.39 is 29.9 Å². The number of aromatic nitrogens is 1. The summed E-state index contributed by atoms with van der Waals surface area (Å²) >= 11 is 1.30. The van der Waals surface area contributed by atoms with Crippen molar-refractivity contribution < 1.29 is 19.5 Å². The number of anilines is 1. The average Bonchev–Trinajstić information content (AvgIpc) is 3.05. The molecule has 3 rings (SSSR count). The van der Waals surface area contributed by atoms with Crippen LogP contribution in [-0.4, -0.2) is 38.9 Å². The van der Waals surface area contributed by atoms with Gasteiger partial charge in [0.25, 0.3) is 0 Å². The monoisotopic (exact) mass is 388 g/mol. The molecule has 0 spiro atoms. The summed E-state index contributed by atoms with van der Waals surface area (Å²) in [6.45, 7) is 1.78. The van der Waals surface area contributed by atoms with E-state index in [1.807, 2.05) is 30.3 Å². The van der Waals surface area contributed by atoms with Crippen molar-refractivity contribution in [2.45, 2.75) is 31.8 Å². The SMILES string of the molecule is C[C@@H](NC(=O)N1C(=O)C(CCc2cnc(N)s2)[C@H]1C(=O)O)c1ccccc1. The van der Waals surface area contributed by atoms with Gasteiger partial charge in [0.2, 0.25) is 5.91 Å². The zero-order valence-corrected chi connectivity index (χ0v) is 15.5. The fourth-order valence-electron chi connectivity index (χ4n) is 3.15. The van der Waals surface area contributed by atoms with Gasteiger partial charge in [-0.25, -0.2) is 19.5 Å². The molecule has 0 radical (unpaired) electrons. The zero-order valence-electron chi connectivity index (χ0n) is 14.7. The number of aliphatic carboxylic acids is 1. The van der Waals surface area contributed by atoms with Crippen molar-refractivity contribution in [3.8, 4) is 0 Å². The number of likely N-dealkylation sites (tertiary alicyclic amines) is 1. The molecule has 2 aromatic rings. The highest BCUT2D eigenvalue weighted by molar-refractivity contribution is 7.15. The first kappa shape index (κ1) is 18.8. The van der Waals surface area contributed by atoms with Gasteiger partial charge in [0.15, 0.2) is 11.2 Å². The summed E-state index contributed by atoms with van der Waals surface area (Å²) in [5.41, 5.74) is 6.44. The molecule has 1 aromatic heterocycles. The van der Waals surface area contributed by atoms with Crippen LogP contribution in [0.15, 0.2) is 36.5 Å². The van der Waals surface area contributed by atoms with Crippen LogP contribution < -0.4 is 11.1 Å². The lowest BCUT2D eigenvalue weighted by Crippen LogP contribution is -2.68. The minimum absolute atomic E-state index is 0.329. The molecule has 3 atom stereocenters. The number of rotatable bonds is 6. The number of carbonyl (C=O) groups is 3. The number of urea groups is 1. The highest BCUT2D eigenvalue weighted by Gasteiger charge is 2.54. The lowest BCUT2D eigenvalue weighted by molar-refractivity contribution is -0.166. The number of β-lactam (4-membered cyclic amide) rings is 1. The van der Waals surface area contributed by atoms with E-state index in [2.05, 4.69) is 10.3 Å². The maximum absolute atomic E-state index is 12.5. The Morgan fingerprint density at radius 3 is 2.67 bits per heavy atom. The summed E-state index contributed by atoms with van der Waals surface area (Å²) in [5.74, 6) is -2.40. The number of nitrogens with one attached hydrogen (secondary N) is 1. The van der Waals surface area contributed by atoms with E-state index in [1.54, 1.807) is 13.1 Å². The lowest BCUT2D eigenvalue weighted by atomic mass is 9.83. The van der Waals surface area contributed by atoms with Crippen molar-refractivity contribution in [1.29, 1.82) is 0 Å². The number of imide groups is 1. The van der Waals surface area contributed by atoms with E-state index in [0.717, 1.165) is 15.3 Å². The second-order valence-corrected chi connectivity index (χ2v) is 7.53. The zero-order chi connectivity index (χ0) is 19.6. The number of aryl methyl sites for hydroxylation is 1. The van der Waals surface area contributed by atoms with Gasteiger partial charge >= 0.3 is 12.0 Å². The quantitative estimate of drug-likeness (QED) is 0.650. The summed E-state index contributed by atoms with van der Waals surface area (Å²) in [4.78, 5) is 42.1. The van der Waals surface area contributed by atoms with E-state index in [4.69, 9.17) is 5.73 Å². The van der Waals surface area contributed by atoms with Gasteiger partial charge in [0.1, 0.15) is 0 Å². The molecule has 1 aliphatic heterocycles. The number of amides is 3. The molecule has 4 N–H and O–H groups in total. The Kier molecular flexibility index (Phi) is 5.41. The summed E-state index contributed by atoms with van der Waals surface area (Å²) in [7, 11) is 0. The van der Waals surface area contributed by atoms with Gasteiger partial charge in [-0.05, 0) is 25.3 Å². The van der Waals surface area contributed by atoms with Gasteiger partial charge in [0, 0.05) is 11.1 Å². The van der Waals surface area contributed by atoms with Gasteiger partial charge in [-0.2, -0.15) is 0 Å². The Morgan fingerprint density at radius 2 is 2.07 bits per heavy atom. The van der Waals surface area contributed by atoms with Crippen LogP contribution in [0.4, 0.5) is 9.93 Å². The number of benzene rings is 1. The van der Waals surface area contributed by atoms with E-state index >= 15 is 0 Å². The fraction of sp³-hybridized carbons (Fsp3) is 0.333. The molecule has 1 aromatic carbocycles. The van der Waals surface area contributed by atoms with Crippen molar-refractivity contribution in [2.24, 2.45) is 5.92 Å². The average molecular weight is 388 g/mol. The maximum Gasteiger partial charge on any atom is 0.327 e. The number of nitrogens with zero attached hydrogens (tertiary/aromatic N) is 2. The third kappa shape index (κ3) is 3.92. The van der Waals surface area contributed by atoms with Crippen molar-refractivity contribution in [3.63, 3.8) is 0 Å². The summed E-state index contributed by atoms with van der Waals surface area (Å²) < 4.78 is 0. The Hall–Kier alpha value is -2.94. The number of carboxylic acids is 1. The maximum atomic E-state index is 12.5. The predicted octanol–water partition coefficient (Wildman–Crippen LogP) is 2.04. The summed E-state index contributed by atoms with van der Waals surface area (Å²) in [5, 5.41) is 12.6. The molecular weight excluding hydrogens is 368 g/mol. The molecule has 142 valence electrons. The molecule has 1 unspecified atom stereocenters. The van der Waals surface area contributed by atoms with Crippen LogP contribution in [0, 0.1) is 5.92 Å². The van der Waals surface area contributed by atoms with E-state index in [0.29, 0.717) is 18.0 Å². The second-order valence-electron chi connectivity index (χ2n) is 6.38. The standard InChI is InChI=1S/C18H20N4O4S/c1-10(11-5-3-2-4-6-11)21-18(26)22-14(16(24)25)13(15(22)23)8-7-12-9-20-17(19)27-12/h2-6,9-10,13-14H,7-8H2,1H3,(H2,19,20)(H,21,26)(H,24,25)/t10-,13?,14+/m1/s1. The van der Waals surface area contributed by atoms with Crippen molar-refractivity contribution in [2.75, 3.05) is 5.73 Å². The minimum Gasteiger partial charge on any atom is -0.480 e. The molecule has 1 saturated heterocycles. The van der Waals surface area contributed by atoms with Crippen molar-refractivity contribution in [3.05, 3.63) is 47.0 Å². The summed E-state index contributed by atoms with van der Waals surface area (Å²) in [6.07, 6.45) is 2.44. The smallest absolute Gasteiger partial charge is 0.327 e. The normalized spacial score (nSPS) is 20.0. The molecule has 27 heavy (non-hydrogen) atoms. The van der Waals surface area contributed by atoms with Gasteiger partial charge < -0.3 is 16.2 Å². The van der Waals surface area contributed by atoms with E-state index in [-0.39, 0.29) is 6.04 Å². The van der Waals surface area contributed by atoms with Crippen LogP contribution in [0.3, 0.4) is 0 Å². The van der Waals surface area contributed by atoms with E-state index in [9.17, 15) is 19.5 Å². The van der Waals surface area contributed by atoms with Crippen LogP contribution in [0.25, 0.3) is 0 Å². The molecule has 9 heteroatoms. The van der Waals surface area contributed by atoms with Crippen LogP contribution in [-0.2, 0) is 16.0 Å². The van der Waals surface area contributed by atoms with Gasteiger partial charge in [0.05, 0.1) is 12.0 Å². The molecule has 0 saturated carbocycles. The topological polar surface area (TPSA) is 126 Å². The number of nitrogen functional groups attached to an aromatic ring is 1. The van der Waals surface area contributed by atoms with Crippen LogP contribution in [0.5, 0.6) is 0 Å². The van der Waals surface area contributed by atoms with Crippen molar-refractivity contribution in [1.82, 2.24) is 15.2 Å². The molecule has 1 fully saturated rings. The number of thiazole rings is 1. The van der Waals surface area contributed by atoms with Gasteiger partial charge in [-0.15, -0.1) is 11.3 Å². The molecule has 8 nitrogen and oxygen atoms in total. The fourth-order valence-corrected chi connectivity index (χ4v) is 3.85. The van der Waals surface area contributed by atoms with Crippen LogP contribution in [0.2, 0.25) is 0 Å². The molecule has 0 aliphatic carbocycles. The largest absolute Gasteiger partial charge is 0.480 e. The Labute approximate surface area is 160 Å². The predicted molar refractivity (Wildman–Crippen MR) is 100.0 cm³/mol. The molecule has 3 amide bonds. The van der Waals surface area contributed by atoms with Gasteiger partial charge in [-0.3, -0.25) is 4.79 Å². The molecule has 0 bridgehead atoms. The third-order valence-corrected chi connectivity index (χ3v) is 5.48.